The number of nitrogens with zero attached hydrogens (tertiary/aromatic N) is 2. The summed E-state index contributed by atoms with van der Waals surface area (Å²) in [7, 11) is 1.46. The maximum atomic E-state index is 13.1. The van der Waals surface area contributed by atoms with Crippen LogP contribution in [-0.4, -0.2) is 23.2 Å². The van der Waals surface area contributed by atoms with Gasteiger partial charge in [0.1, 0.15) is 5.82 Å². The molecule has 0 saturated carbocycles. The minimum Gasteiger partial charge on any atom is -0.480 e. The third kappa shape index (κ3) is 3.04. The molecule has 0 saturated heterocycles. The zero-order valence-corrected chi connectivity index (χ0v) is 10.5. The van der Waals surface area contributed by atoms with E-state index in [1.807, 2.05) is 0 Å². The van der Waals surface area contributed by atoms with E-state index in [9.17, 15) is 9.18 Å². The number of ether oxygens (including phenoxy) is 1. The molecule has 1 amide bonds. The highest BCUT2D eigenvalue weighted by Crippen LogP contribution is 2.14. The highest BCUT2D eigenvalue weighted by molar-refractivity contribution is 6.02. The molecular weight excluding hydrogens is 249 g/mol. The van der Waals surface area contributed by atoms with Gasteiger partial charge in [0.05, 0.1) is 7.11 Å². The van der Waals surface area contributed by atoms with Crippen LogP contribution in [0.1, 0.15) is 16.1 Å². The van der Waals surface area contributed by atoms with Crippen molar-refractivity contribution in [3.8, 4) is 5.88 Å². The average Bonchev–Trinajstić information content (AvgIpc) is 2.43. The lowest BCUT2D eigenvalue weighted by Gasteiger charge is -2.06. The van der Waals surface area contributed by atoms with Crippen molar-refractivity contribution >= 4 is 11.6 Å². The topological polar surface area (TPSA) is 64.1 Å². The third-order valence-electron chi connectivity index (χ3n) is 2.50. The lowest BCUT2D eigenvalue weighted by molar-refractivity contribution is 0.102. The predicted octanol–water partition coefficient (Wildman–Crippen LogP) is 2.19. The Balaban J connectivity index is 2.13. The normalized spacial score (nSPS) is 10.1. The number of halogens is 1. The number of rotatable bonds is 3. The van der Waals surface area contributed by atoms with Crippen molar-refractivity contribution in [3.63, 3.8) is 0 Å². The van der Waals surface area contributed by atoms with E-state index in [1.165, 1.54) is 31.4 Å². The van der Waals surface area contributed by atoms with E-state index in [0.717, 1.165) is 0 Å². The first-order valence-electron chi connectivity index (χ1n) is 5.55. The molecule has 0 fully saturated rings. The standard InChI is InChI=1S/C13H12FN3O2/c1-8-7-9(3-4-10(8)14)15-13(18)11-5-6-12(19-2)17-16-11/h3-7H,1-2H3,(H,15,18). The van der Waals surface area contributed by atoms with E-state index < -0.39 is 5.91 Å². The van der Waals surface area contributed by atoms with E-state index in [4.69, 9.17) is 4.74 Å². The predicted molar refractivity (Wildman–Crippen MR) is 67.7 cm³/mol. The Morgan fingerprint density at radius 1 is 1.26 bits per heavy atom. The van der Waals surface area contributed by atoms with Crippen molar-refractivity contribution in [1.29, 1.82) is 0 Å². The number of aryl methyl sites for hydroxylation is 1. The highest BCUT2D eigenvalue weighted by Gasteiger charge is 2.09. The molecule has 1 heterocycles. The molecule has 1 aromatic heterocycles. The Morgan fingerprint density at radius 2 is 2.05 bits per heavy atom. The zero-order valence-electron chi connectivity index (χ0n) is 10.5. The average molecular weight is 261 g/mol. The summed E-state index contributed by atoms with van der Waals surface area (Å²) in [5, 5.41) is 10.0. The Labute approximate surface area is 109 Å². The maximum absolute atomic E-state index is 13.1. The summed E-state index contributed by atoms with van der Waals surface area (Å²) in [5.41, 5.74) is 1.11. The largest absolute Gasteiger partial charge is 0.480 e. The summed E-state index contributed by atoms with van der Waals surface area (Å²) in [6, 6.07) is 7.36. The number of aromatic nitrogens is 2. The van der Waals surface area contributed by atoms with Crippen LogP contribution in [0.2, 0.25) is 0 Å². The van der Waals surface area contributed by atoms with Gasteiger partial charge in [0, 0.05) is 11.8 Å². The number of anilines is 1. The zero-order chi connectivity index (χ0) is 13.8. The SMILES string of the molecule is COc1ccc(C(=O)Nc2ccc(F)c(C)c2)nn1. The smallest absolute Gasteiger partial charge is 0.276 e. The number of amides is 1. The summed E-state index contributed by atoms with van der Waals surface area (Å²) in [6.07, 6.45) is 0. The monoisotopic (exact) mass is 261 g/mol. The van der Waals surface area contributed by atoms with Gasteiger partial charge in [-0.3, -0.25) is 4.79 Å². The minimum absolute atomic E-state index is 0.155. The number of carbonyl (C=O) groups is 1. The molecule has 2 rings (SSSR count). The number of hydrogen-bond donors (Lipinski definition) is 1. The molecule has 0 bridgehead atoms. The van der Waals surface area contributed by atoms with Gasteiger partial charge in [-0.1, -0.05) is 0 Å². The van der Waals surface area contributed by atoms with Gasteiger partial charge in [-0.2, -0.15) is 0 Å². The number of benzene rings is 1. The van der Waals surface area contributed by atoms with E-state index in [-0.39, 0.29) is 11.5 Å². The van der Waals surface area contributed by atoms with Crippen molar-refractivity contribution in [2.45, 2.75) is 6.92 Å². The quantitative estimate of drug-likeness (QED) is 0.919. The summed E-state index contributed by atoms with van der Waals surface area (Å²) < 4.78 is 17.9. The molecule has 1 N–H and O–H groups in total. The van der Waals surface area contributed by atoms with Crippen molar-refractivity contribution in [2.24, 2.45) is 0 Å². The second-order valence-corrected chi connectivity index (χ2v) is 3.88. The number of hydrogen-bond acceptors (Lipinski definition) is 4. The van der Waals surface area contributed by atoms with E-state index in [1.54, 1.807) is 13.0 Å². The molecule has 0 aliphatic carbocycles. The molecule has 19 heavy (non-hydrogen) atoms. The molecule has 98 valence electrons. The van der Waals surface area contributed by atoms with Gasteiger partial charge in [0.2, 0.25) is 5.88 Å². The molecule has 6 heteroatoms. The molecule has 0 atom stereocenters. The number of carbonyl (C=O) groups excluding carboxylic acids is 1. The van der Waals surface area contributed by atoms with Gasteiger partial charge in [-0.25, -0.2) is 4.39 Å². The first-order chi connectivity index (χ1) is 9.10. The Hall–Kier alpha value is -2.50. The number of methoxy groups -OCH3 is 1. The molecular formula is C13H12FN3O2. The van der Waals surface area contributed by atoms with Crippen LogP contribution in [-0.2, 0) is 0 Å². The maximum Gasteiger partial charge on any atom is 0.276 e. The lowest BCUT2D eigenvalue weighted by Crippen LogP contribution is -2.14. The van der Waals surface area contributed by atoms with Crippen LogP contribution in [0.4, 0.5) is 10.1 Å². The van der Waals surface area contributed by atoms with Crippen molar-refractivity contribution in [1.82, 2.24) is 10.2 Å². The van der Waals surface area contributed by atoms with E-state index in [0.29, 0.717) is 17.1 Å². The molecule has 5 nitrogen and oxygen atoms in total. The number of nitrogens with one attached hydrogen (secondary N) is 1. The Morgan fingerprint density at radius 3 is 2.63 bits per heavy atom. The van der Waals surface area contributed by atoms with Gasteiger partial charge in [0.15, 0.2) is 5.69 Å². The van der Waals surface area contributed by atoms with Gasteiger partial charge >= 0.3 is 0 Å². The highest BCUT2D eigenvalue weighted by atomic mass is 19.1. The Kier molecular flexibility index (Phi) is 3.70. The summed E-state index contributed by atoms with van der Waals surface area (Å²) >= 11 is 0. The first-order valence-corrected chi connectivity index (χ1v) is 5.55. The van der Waals surface area contributed by atoms with Gasteiger partial charge in [-0.15, -0.1) is 10.2 Å². The summed E-state index contributed by atoms with van der Waals surface area (Å²) in [5.74, 6) is -0.405. The van der Waals surface area contributed by atoms with Gasteiger partial charge in [0.25, 0.3) is 5.91 Å². The van der Waals surface area contributed by atoms with Crippen LogP contribution in [0, 0.1) is 12.7 Å². The molecule has 2 aromatic rings. The third-order valence-corrected chi connectivity index (χ3v) is 2.50. The second kappa shape index (κ2) is 5.43. The molecule has 0 aliphatic heterocycles. The van der Waals surface area contributed by atoms with Crippen LogP contribution in [0.5, 0.6) is 5.88 Å². The van der Waals surface area contributed by atoms with Crippen LogP contribution in [0.25, 0.3) is 0 Å². The second-order valence-electron chi connectivity index (χ2n) is 3.88. The fourth-order valence-corrected chi connectivity index (χ4v) is 1.47. The Bertz CT molecular complexity index is 599. The molecule has 0 radical (unpaired) electrons. The summed E-state index contributed by atoms with van der Waals surface area (Å²) in [6.45, 7) is 1.62. The lowest BCUT2D eigenvalue weighted by atomic mass is 10.2. The molecule has 1 aromatic carbocycles. The first kappa shape index (κ1) is 12.9. The van der Waals surface area contributed by atoms with Crippen LogP contribution >= 0.6 is 0 Å². The molecule has 0 unspecified atom stereocenters. The molecule has 0 spiro atoms. The van der Waals surface area contributed by atoms with Gasteiger partial charge < -0.3 is 10.1 Å². The molecule has 0 aliphatic rings. The van der Waals surface area contributed by atoms with Crippen LogP contribution in [0.15, 0.2) is 30.3 Å². The van der Waals surface area contributed by atoms with Crippen molar-refractivity contribution in [2.75, 3.05) is 12.4 Å². The van der Waals surface area contributed by atoms with Crippen LogP contribution in [0.3, 0.4) is 0 Å². The summed E-state index contributed by atoms with van der Waals surface area (Å²) in [4.78, 5) is 11.9. The fraction of sp³-hybridized carbons (Fsp3) is 0.154. The van der Waals surface area contributed by atoms with E-state index >= 15 is 0 Å². The van der Waals surface area contributed by atoms with Gasteiger partial charge in [-0.05, 0) is 36.8 Å². The van der Waals surface area contributed by atoms with Crippen LogP contribution < -0.4 is 10.1 Å². The van der Waals surface area contributed by atoms with Crippen molar-refractivity contribution in [3.05, 3.63) is 47.4 Å². The fourth-order valence-electron chi connectivity index (χ4n) is 1.47. The van der Waals surface area contributed by atoms with Crippen molar-refractivity contribution < 1.29 is 13.9 Å². The minimum atomic E-state index is -0.416. The van der Waals surface area contributed by atoms with E-state index in [2.05, 4.69) is 15.5 Å².